The molecule has 0 atom stereocenters. The Morgan fingerprint density at radius 3 is 2.42 bits per heavy atom. The van der Waals surface area contributed by atoms with E-state index >= 15 is 0 Å². The number of nitrogens with zero attached hydrogens (tertiary/aromatic N) is 3. The molecule has 1 aromatic carbocycles. The number of aromatic nitrogens is 2. The molecule has 2 aliphatic rings. The number of piperidine rings is 1. The summed E-state index contributed by atoms with van der Waals surface area (Å²) < 4.78 is 15.0. The van der Waals surface area contributed by atoms with Crippen LogP contribution in [0, 0.1) is 12.7 Å². The van der Waals surface area contributed by atoms with E-state index in [9.17, 15) is 9.18 Å². The van der Waals surface area contributed by atoms with Crippen molar-refractivity contribution in [3.8, 4) is 5.69 Å². The summed E-state index contributed by atoms with van der Waals surface area (Å²) in [6, 6.07) is 6.28. The Morgan fingerprint density at radius 2 is 1.79 bits per heavy atom. The van der Waals surface area contributed by atoms with Crippen LogP contribution in [0.15, 0.2) is 24.3 Å². The van der Waals surface area contributed by atoms with Crippen molar-refractivity contribution in [2.75, 3.05) is 13.1 Å². The van der Waals surface area contributed by atoms with Crippen LogP contribution in [0.3, 0.4) is 0 Å². The third kappa shape index (κ3) is 2.72. The Balaban J connectivity index is 1.75. The van der Waals surface area contributed by atoms with Crippen LogP contribution in [0.5, 0.6) is 0 Å². The van der Waals surface area contributed by atoms with Crippen molar-refractivity contribution in [3.05, 3.63) is 47.0 Å². The van der Waals surface area contributed by atoms with Crippen molar-refractivity contribution < 1.29 is 9.18 Å². The zero-order valence-corrected chi connectivity index (χ0v) is 14.0. The summed E-state index contributed by atoms with van der Waals surface area (Å²) in [7, 11) is 0. The molecule has 24 heavy (non-hydrogen) atoms. The lowest BCUT2D eigenvalue weighted by Gasteiger charge is -2.27. The fourth-order valence-corrected chi connectivity index (χ4v) is 3.52. The summed E-state index contributed by atoms with van der Waals surface area (Å²) in [6.45, 7) is 3.62. The zero-order valence-electron chi connectivity index (χ0n) is 14.0. The van der Waals surface area contributed by atoms with E-state index in [2.05, 4.69) is 0 Å². The van der Waals surface area contributed by atoms with E-state index in [1.165, 1.54) is 18.6 Å². The fourth-order valence-electron chi connectivity index (χ4n) is 3.52. The number of rotatable bonds is 3. The number of hydrogen-bond acceptors (Lipinski definition) is 2. The molecule has 0 unspecified atom stereocenters. The van der Waals surface area contributed by atoms with Gasteiger partial charge in [0, 0.05) is 19.0 Å². The summed E-state index contributed by atoms with van der Waals surface area (Å²) in [4.78, 5) is 15.1. The van der Waals surface area contributed by atoms with Crippen molar-refractivity contribution >= 4 is 5.91 Å². The van der Waals surface area contributed by atoms with Gasteiger partial charge in [-0.1, -0.05) is 0 Å². The van der Waals surface area contributed by atoms with Gasteiger partial charge in [-0.3, -0.25) is 4.79 Å². The predicted molar refractivity (Wildman–Crippen MR) is 90.0 cm³/mol. The molecule has 0 spiro atoms. The molecule has 4 rings (SSSR count). The fraction of sp³-hybridized carbons (Fsp3) is 0.474. The summed E-state index contributed by atoms with van der Waals surface area (Å²) in [5.74, 6) is 0.243. The van der Waals surface area contributed by atoms with E-state index in [0.717, 1.165) is 61.4 Å². The first-order valence-corrected chi connectivity index (χ1v) is 8.80. The normalized spacial score (nSPS) is 18.0. The molecule has 1 amide bonds. The second kappa shape index (κ2) is 6.04. The van der Waals surface area contributed by atoms with Crippen LogP contribution < -0.4 is 0 Å². The molecule has 2 heterocycles. The average Bonchev–Trinajstić information content (AvgIpc) is 3.39. The first kappa shape index (κ1) is 15.4. The molecular formula is C19H22FN3O. The molecule has 4 nitrogen and oxygen atoms in total. The Hall–Kier alpha value is -2.17. The van der Waals surface area contributed by atoms with Gasteiger partial charge in [-0.2, -0.15) is 5.10 Å². The summed E-state index contributed by atoms with van der Waals surface area (Å²) in [5, 5.41) is 4.73. The minimum atomic E-state index is -0.268. The van der Waals surface area contributed by atoms with Crippen LogP contribution in [-0.2, 0) is 0 Å². The van der Waals surface area contributed by atoms with Gasteiger partial charge in [0.05, 0.1) is 22.6 Å². The van der Waals surface area contributed by atoms with Gasteiger partial charge in [-0.15, -0.1) is 0 Å². The van der Waals surface area contributed by atoms with Crippen molar-refractivity contribution in [1.29, 1.82) is 0 Å². The standard InChI is InChI=1S/C19H22FN3O/c1-13-17(19(24)22-11-3-2-4-12-22)18(14-5-6-14)21-23(13)16-9-7-15(20)8-10-16/h7-10,14H,2-6,11-12H2,1H3. The van der Waals surface area contributed by atoms with Gasteiger partial charge >= 0.3 is 0 Å². The van der Waals surface area contributed by atoms with Crippen LogP contribution in [0.4, 0.5) is 4.39 Å². The first-order valence-electron chi connectivity index (χ1n) is 8.80. The second-order valence-electron chi connectivity index (χ2n) is 6.86. The Bertz CT molecular complexity index is 756. The van der Waals surface area contributed by atoms with Gasteiger partial charge in [-0.05, 0) is 63.3 Å². The quantitative estimate of drug-likeness (QED) is 0.859. The minimum absolute atomic E-state index is 0.113. The Kier molecular flexibility index (Phi) is 3.87. The van der Waals surface area contributed by atoms with E-state index < -0.39 is 0 Å². The molecule has 1 aromatic heterocycles. The molecule has 0 bridgehead atoms. The maximum Gasteiger partial charge on any atom is 0.257 e. The molecule has 5 heteroatoms. The number of carbonyl (C=O) groups excluding carboxylic acids is 1. The van der Waals surface area contributed by atoms with Gasteiger partial charge in [0.15, 0.2) is 0 Å². The lowest BCUT2D eigenvalue weighted by Crippen LogP contribution is -2.36. The van der Waals surface area contributed by atoms with Crippen LogP contribution in [-0.4, -0.2) is 33.7 Å². The van der Waals surface area contributed by atoms with Gasteiger partial charge in [-0.25, -0.2) is 9.07 Å². The van der Waals surface area contributed by atoms with Gasteiger partial charge in [0.2, 0.25) is 0 Å². The van der Waals surface area contributed by atoms with E-state index in [1.54, 1.807) is 16.8 Å². The molecule has 1 aliphatic carbocycles. The molecule has 2 fully saturated rings. The molecule has 1 saturated carbocycles. The van der Waals surface area contributed by atoms with Crippen LogP contribution in [0.25, 0.3) is 5.69 Å². The summed E-state index contributed by atoms with van der Waals surface area (Å²) in [6.07, 6.45) is 5.55. The zero-order chi connectivity index (χ0) is 16.7. The minimum Gasteiger partial charge on any atom is -0.339 e. The lowest BCUT2D eigenvalue weighted by atomic mass is 10.1. The molecule has 2 aromatic rings. The van der Waals surface area contributed by atoms with E-state index in [1.807, 2.05) is 11.8 Å². The van der Waals surface area contributed by atoms with Crippen LogP contribution in [0.1, 0.15) is 59.8 Å². The number of likely N-dealkylation sites (tertiary alicyclic amines) is 1. The highest BCUT2D eigenvalue weighted by molar-refractivity contribution is 5.97. The van der Waals surface area contributed by atoms with Crippen molar-refractivity contribution in [3.63, 3.8) is 0 Å². The third-order valence-corrected chi connectivity index (χ3v) is 5.04. The van der Waals surface area contributed by atoms with E-state index in [4.69, 9.17) is 5.10 Å². The lowest BCUT2D eigenvalue weighted by molar-refractivity contribution is 0.0722. The highest BCUT2D eigenvalue weighted by Gasteiger charge is 2.35. The van der Waals surface area contributed by atoms with Crippen molar-refractivity contribution in [2.45, 2.75) is 44.9 Å². The molecule has 1 saturated heterocycles. The second-order valence-corrected chi connectivity index (χ2v) is 6.86. The van der Waals surface area contributed by atoms with Gasteiger partial charge in [0.1, 0.15) is 5.82 Å². The third-order valence-electron chi connectivity index (χ3n) is 5.04. The average molecular weight is 327 g/mol. The topological polar surface area (TPSA) is 38.1 Å². The van der Waals surface area contributed by atoms with Gasteiger partial charge < -0.3 is 4.90 Å². The van der Waals surface area contributed by atoms with Crippen LogP contribution >= 0.6 is 0 Å². The number of hydrogen-bond donors (Lipinski definition) is 0. The Labute approximate surface area is 141 Å². The van der Waals surface area contributed by atoms with E-state index in [-0.39, 0.29) is 11.7 Å². The predicted octanol–water partition coefficient (Wildman–Crippen LogP) is 3.82. The van der Waals surface area contributed by atoms with Crippen LogP contribution in [0.2, 0.25) is 0 Å². The monoisotopic (exact) mass is 327 g/mol. The Morgan fingerprint density at radius 1 is 1.12 bits per heavy atom. The molecular weight excluding hydrogens is 305 g/mol. The maximum absolute atomic E-state index is 13.2. The van der Waals surface area contributed by atoms with Crippen molar-refractivity contribution in [1.82, 2.24) is 14.7 Å². The van der Waals surface area contributed by atoms with Crippen molar-refractivity contribution in [2.24, 2.45) is 0 Å². The molecule has 126 valence electrons. The largest absolute Gasteiger partial charge is 0.339 e. The number of carbonyl (C=O) groups is 1. The molecule has 0 radical (unpaired) electrons. The smallest absolute Gasteiger partial charge is 0.257 e. The highest BCUT2D eigenvalue weighted by Crippen LogP contribution is 2.42. The highest BCUT2D eigenvalue weighted by atomic mass is 19.1. The summed E-state index contributed by atoms with van der Waals surface area (Å²) in [5.41, 5.74) is 3.35. The maximum atomic E-state index is 13.2. The van der Waals surface area contributed by atoms with E-state index in [0.29, 0.717) is 5.92 Å². The number of benzene rings is 1. The summed E-state index contributed by atoms with van der Waals surface area (Å²) >= 11 is 0. The molecule has 1 aliphatic heterocycles. The number of amides is 1. The van der Waals surface area contributed by atoms with Gasteiger partial charge in [0.25, 0.3) is 5.91 Å². The molecule has 0 N–H and O–H groups in total. The first-order chi connectivity index (χ1) is 11.6. The SMILES string of the molecule is Cc1c(C(=O)N2CCCCC2)c(C2CC2)nn1-c1ccc(F)cc1. The number of halogens is 1.